The van der Waals surface area contributed by atoms with Crippen LogP contribution in [0.15, 0.2) is 48.7 Å². The zero-order valence-electron chi connectivity index (χ0n) is 16.2. The number of rotatable bonds is 7. The van der Waals surface area contributed by atoms with Crippen molar-refractivity contribution >= 4 is 11.7 Å². The molecule has 0 aliphatic carbocycles. The van der Waals surface area contributed by atoms with E-state index in [9.17, 15) is 4.79 Å². The SMILES string of the molecule is CC[C@@H](C)[C@@H](C(=O)NCc1ccc(N2CCOCC2)nc1)c1ccccc1. The van der Waals surface area contributed by atoms with Crippen LogP contribution >= 0.6 is 0 Å². The van der Waals surface area contributed by atoms with Crippen LogP contribution in [-0.2, 0) is 16.1 Å². The number of benzene rings is 1. The van der Waals surface area contributed by atoms with Gasteiger partial charge < -0.3 is 15.0 Å². The van der Waals surface area contributed by atoms with Gasteiger partial charge in [0.25, 0.3) is 0 Å². The summed E-state index contributed by atoms with van der Waals surface area (Å²) in [6.45, 7) is 7.99. The first kappa shape index (κ1) is 19.4. The number of amides is 1. The monoisotopic (exact) mass is 367 g/mol. The van der Waals surface area contributed by atoms with Gasteiger partial charge in [-0.3, -0.25) is 4.79 Å². The van der Waals surface area contributed by atoms with E-state index in [1.807, 2.05) is 48.7 Å². The van der Waals surface area contributed by atoms with Crippen LogP contribution in [0.25, 0.3) is 0 Å². The number of anilines is 1. The Bertz CT molecular complexity index is 712. The van der Waals surface area contributed by atoms with Crippen LogP contribution in [0.5, 0.6) is 0 Å². The lowest BCUT2D eigenvalue weighted by molar-refractivity contribution is -0.123. The van der Waals surface area contributed by atoms with Gasteiger partial charge in [0.15, 0.2) is 0 Å². The van der Waals surface area contributed by atoms with Gasteiger partial charge in [-0.2, -0.15) is 0 Å². The molecular weight excluding hydrogens is 338 g/mol. The average molecular weight is 367 g/mol. The molecule has 5 nitrogen and oxygen atoms in total. The molecule has 0 bridgehead atoms. The number of nitrogens with one attached hydrogen (secondary N) is 1. The molecule has 2 heterocycles. The maximum absolute atomic E-state index is 12.9. The number of nitrogens with zero attached hydrogens (tertiary/aromatic N) is 2. The number of hydrogen-bond donors (Lipinski definition) is 1. The predicted molar refractivity (Wildman–Crippen MR) is 108 cm³/mol. The van der Waals surface area contributed by atoms with E-state index in [1.165, 1.54) is 0 Å². The van der Waals surface area contributed by atoms with Crippen molar-refractivity contribution in [2.75, 3.05) is 31.2 Å². The first-order valence-corrected chi connectivity index (χ1v) is 9.79. The standard InChI is InChI=1S/C22H29N3O2/c1-3-17(2)21(19-7-5-4-6-8-19)22(26)24-16-18-9-10-20(23-15-18)25-11-13-27-14-12-25/h4-10,15,17,21H,3,11-14,16H2,1-2H3,(H,24,26)/t17-,21-/m1/s1. The highest BCUT2D eigenvalue weighted by atomic mass is 16.5. The van der Waals surface area contributed by atoms with Crippen molar-refractivity contribution in [2.24, 2.45) is 5.92 Å². The fourth-order valence-electron chi connectivity index (χ4n) is 3.43. The van der Waals surface area contributed by atoms with Gasteiger partial charge in [0.1, 0.15) is 5.82 Å². The van der Waals surface area contributed by atoms with Crippen LogP contribution in [0, 0.1) is 5.92 Å². The van der Waals surface area contributed by atoms with Crippen LogP contribution in [0.4, 0.5) is 5.82 Å². The molecule has 1 aliphatic heterocycles. The molecule has 0 saturated carbocycles. The van der Waals surface area contributed by atoms with Crippen molar-refractivity contribution in [1.29, 1.82) is 0 Å². The third-order valence-electron chi connectivity index (χ3n) is 5.27. The molecule has 5 heteroatoms. The third kappa shape index (κ3) is 5.07. The molecule has 0 unspecified atom stereocenters. The molecule has 2 atom stereocenters. The molecule has 0 spiro atoms. The second kappa shape index (κ2) is 9.51. The highest BCUT2D eigenvalue weighted by Gasteiger charge is 2.25. The van der Waals surface area contributed by atoms with E-state index >= 15 is 0 Å². The first-order chi connectivity index (χ1) is 13.2. The minimum absolute atomic E-state index is 0.0767. The van der Waals surface area contributed by atoms with Crippen molar-refractivity contribution in [3.05, 3.63) is 59.8 Å². The minimum Gasteiger partial charge on any atom is -0.378 e. The highest BCUT2D eigenvalue weighted by Crippen LogP contribution is 2.27. The Morgan fingerprint density at radius 3 is 2.56 bits per heavy atom. The first-order valence-electron chi connectivity index (χ1n) is 9.79. The molecule has 3 rings (SSSR count). The molecule has 1 aromatic heterocycles. The van der Waals surface area contributed by atoms with E-state index in [0.29, 0.717) is 6.54 Å². The molecule has 27 heavy (non-hydrogen) atoms. The van der Waals surface area contributed by atoms with Gasteiger partial charge in [0, 0.05) is 25.8 Å². The van der Waals surface area contributed by atoms with Gasteiger partial charge in [-0.25, -0.2) is 4.98 Å². The quantitative estimate of drug-likeness (QED) is 0.815. The fraction of sp³-hybridized carbons (Fsp3) is 0.455. The zero-order chi connectivity index (χ0) is 19.1. The van der Waals surface area contributed by atoms with Crippen LogP contribution in [0.1, 0.15) is 37.3 Å². The zero-order valence-corrected chi connectivity index (χ0v) is 16.2. The Morgan fingerprint density at radius 1 is 1.19 bits per heavy atom. The largest absolute Gasteiger partial charge is 0.378 e. The predicted octanol–water partition coefficient (Wildman–Crippen LogP) is 3.36. The average Bonchev–Trinajstić information content (AvgIpc) is 2.74. The lowest BCUT2D eigenvalue weighted by atomic mass is 9.85. The molecule has 1 aromatic carbocycles. The Balaban J connectivity index is 1.61. The van der Waals surface area contributed by atoms with E-state index in [2.05, 4.69) is 29.0 Å². The van der Waals surface area contributed by atoms with Crippen LogP contribution in [0.2, 0.25) is 0 Å². The molecule has 2 aromatic rings. The van der Waals surface area contributed by atoms with Crippen LogP contribution in [0.3, 0.4) is 0 Å². The van der Waals surface area contributed by atoms with Crippen LogP contribution < -0.4 is 10.2 Å². The summed E-state index contributed by atoms with van der Waals surface area (Å²) in [5.41, 5.74) is 2.08. The highest BCUT2D eigenvalue weighted by molar-refractivity contribution is 5.83. The normalized spacial score (nSPS) is 16.6. The Kier molecular flexibility index (Phi) is 6.82. The summed E-state index contributed by atoms with van der Waals surface area (Å²) in [6, 6.07) is 14.1. The van der Waals surface area contributed by atoms with Crippen molar-refractivity contribution in [3.8, 4) is 0 Å². The lowest BCUT2D eigenvalue weighted by Crippen LogP contribution is -2.36. The summed E-state index contributed by atoms with van der Waals surface area (Å²) in [4.78, 5) is 19.7. The summed E-state index contributed by atoms with van der Waals surface area (Å²) < 4.78 is 5.38. The fourth-order valence-corrected chi connectivity index (χ4v) is 3.43. The van der Waals surface area contributed by atoms with Gasteiger partial charge in [0.05, 0.1) is 19.1 Å². The second-order valence-corrected chi connectivity index (χ2v) is 7.12. The van der Waals surface area contributed by atoms with Crippen molar-refractivity contribution in [2.45, 2.75) is 32.7 Å². The van der Waals surface area contributed by atoms with Gasteiger partial charge in [-0.1, -0.05) is 56.7 Å². The third-order valence-corrected chi connectivity index (χ3v) is 5.27. The van der Waals surface area contributed by atoms with E-state index in [4.69, 9.17) is 4.74 Å². The summed E-state index contributed by atoms with van der Waals surface area (Å²) in [7, 11) is 0. The van der Waals surface area contributed by atoms with E-state index in [1.54, 1.807) is 0 Å². The number of aromatic nitrogens is 1. The number of pyridine rings is 1. The summed E-state index contributed by atoms with van der Waals surface area (Å²) >= 11 is 0. The maximum Gasteiger partial charge on any atom is 0.228 e. The van der Waals surface area contributed by atoms with Gasteiger partial charge in [-0.15, -0.1) is 0 Å². The van der Waals surface area contributed by atoms with Crippen LogP contribution in [-0.4, -0.2) is 37.2 Å². The van der Waals surface area contributed by atoms with Gasteiger partial charge in [0.2, 0.25) is 5.91 Å². The van der Waals surface area contributed by atoms with E-state index < -0.39 is 0 Å². The smallest absolute Gasteiger partial charge is 0.228 e. The second-order valence-electron chi connectivity index (χ2n) is 7.12. The van der Waals surface area contributed by atoms with Gasteiger partial charge in [-0.05, 0) is 23.1 Å². The molecule has 0 radical (unpaired) electrons. The number of ether oxygens (including phenoxy) is 1. The number of carbonyl (C=O) groups is 1. The molecule has 144 valence electrons. The van der Waals surface area contributed by atoms with E-state index in [-0.39, 0.29) is 17.7 Å². The lowest BCUT2D eigenvalue weighted by Gasteiger charge is -2.27. The molecule has 1 N–H and O–H groups in total. The van der Waals surface area contributed by atoms with Crippen molar-refractivity contribution in [1.82, 2.24) is 10.3 Å². The molecule has 1 fully saturated rings. The van der Waals surface area contributed by atoms with E-state index in [0.717, 1.165) is 49.7 Å². The summed E-state index contributed by atoms with van der Waals surface area (Å²) in [5.74, 6) is 1.20. The van der Waals surface area contributed by atoms with Crippen molar-refractivity contribution < 1.29 is 9.53 Å². The minimum atomic E-state index is -0.128. The number of morpholine rings is 1. The Hall–Kier alpha value is -2.40. The molecular formula is C22H29N3O2. The topological polar surface area (TPSA) is 54.5 Å². The van der Waals surface area contributed by atoms with Gasteiger partial charge >= 0.3 is 0 Å². The Labute approximate surface area is 161 Å². The number of hydrogen-bond acceptors (Lipinski definition) is 4. The Morgan fingerprint density at radius 2 is 1.93 bits per heavy atom. The number of carbonyl (C=O) groups excluding carboxylic acids is 1. The van der Waals surface area contributed by atoms with Crippen molar-refractivity contribution in [3.63, 3.8) is 0 Å². The summed E-state index contributed by atoms with van der Waals surface area (Å²) in [6.07, 6.45) is 2.81. The maximum atomic E-state index is 12.9. The summed E-state index contributed by atoms with van der Waals surface area (Å²) in [5, 5.41) is 3.10. The molecule has 1 amide bonds. The molecule has 1 aliphatic rings. The molecule has 1 saturated heterocycles.